The highest BCUT2D eigenvalue weighted by Gasteiger charge is 2.29. The molecule has 1 N–H and O–H groups in total. The van der Waals surface area contributed by atoms with Gasteiger partial charge in [0.15, 0.2) is 5.65 Å². The Kier molecular flexibility index (Phi) is 3.23. The van der Waals surface area contributed by atoms with Gasteiger partial charge in [0.05, 0.1) is 11.1 Å². The first kappa shape index (κ1) is 14.9. The van der Waals surface area contributed by atoms with Crippen LogP contribution in [0.2, 0.25) is 0 Å². The fourth-order valence-corrected chi connectivity index (χ4v) is 3.37. The molecule has 1 aromatic carbocycles. The normalized spacial score (nSPS) is 15.3. The molecule has 6 nitrogen and oxygen atoms in total. The molecule has 0 spiro atoms. The second kappa shape index (κ2) is 5.19. The van der Waals surface area contributed by atoms with Crippen LogP contribution in [-0.2, 0) is 20.0 Å². The van der Waals surface area contributed by atoms with Gasteiger partial charge in [0.1, 0.15) is 23.5 Å². The molecule has 0 fully saturated rings. The van der Waals surface area contributed by atoms with Crippen molar-refractivity contribution < 1.29 is 4.74 Å². The summed E-state index contributed by atoms with van der Waals surface area (Å²) in [4.78, 5) is 8.70. The lowest BCUT2D eigenvalue weighted by Crippen LogP contribution is -2.24. The SMILES string of the molecule is Cc1nn(C)c2ncnc(NCc3ccc4c(c3)CC(C)(C)O4)c12. The van der Waals surface area contributed by atoms with E-state index in [-0.39, 0.29) is 5.60 Å². The summed E-state index contributed by atoms with van der Waals surface area (Å²) in [5.41, 5.74) is 4.14. The maximum absolute atomic E-state index is 5.94. The van der Waals surface area contributed by atoms with Gasteiger partial charge in [-0.25, -0.2) is 9.97 Å². The monoisotopic (exact) mass is 323 g/mol. The van der Waals surface area contributed by atoms with Crippen molar-refractivity contribution in [2.75, 3.05) is 5.32 Å². The fraction of sp³-hybridized carbons (Fsp3) is 0.389. The van der Waals surface area contributed by atoms with E-state index in [2.05, 4.69) is 52.4 Å². The fourth-order valence-electron chi connectivity index (χ4n) is 3.37. The van der Waals surface area contributed by atoms with Crippen LogP contribution in [0.15, 0.2) is 24.5 Å². The van der Waals surface area contributed by atoms with Crippen LogP contribution < -0.4 is 10.1 Å². The molecule has 6 heteroatoms. The summed E-state index contributed by atoms with van der Waals surface area (Å²) >= 11 is 0. The predicted octanol–water partition coefficient (Wildman–Crippen LogP) is 3.00. The largest absolute Gasteiger partial charge is 0.487 e. The number of benzene rings is 1. The third kappa shape index (κ3) is 2.48. The number of anilines is 1. The average Bonchev–Trinajstić information content (AvgIpc) is 3.00. The topological polar surface area (TPSA) is 64.9 Å². The zero-order valence-corrected chi connectivity index (χ0v) is 14.4. The van der Waals surface area contributed by atoms with Crippen LogP contribution in [0.5, 0.6) is 5.75 Å². The number of hydrogen-bond donors (Lipinski definition) is 1. The van der Waals surface area contributed by atoms with E-state index in [4.69, 9.17) is 4.74 Å². The lowest BCUT2D eigenvalue weighted by Gasteiger charge is -2.16. The molecule has 124 valence electrons. The van der Waals surface area contributed by atoms with E-state index < -0.39 is 0 Å². The Hall–Kier alpha value is -2.63. The van der Waals surface area contributed by atoms with Crippen molar-refractivity contribution in [2.24, 2.45) is 7.05 Å². The van der Waals surface area contributed by atoms with E-state index in [9.17, 15) is 0 Å². The summed E-state index contributed by atoms with van der Waals surface area (Å²) in [5.74, 6) is 1.82. The zero-order chi connectivity index (χ0) is 16.9. The van der Waals surface area contributed by atoms with Gasteiger partial charge in [-0.2, -0.15) is 5.10 Å². The minimum absolute atomic E-state index is 0.111. The second-order valence-electron chi connectivity index (χ2n) is 6.96. The Morgan fingerprint density at radius 2 is 2.12 bits per heavy atom. The van der Waals surface area contributed by atoms with Gasteiger partial charge in [0.25, 0.3) is 0 Å². The lowest BCUT2D eigenvalue weighted by atomic mass is 10.0. The van der Waals surface area contributed by atoms with Crippen molar-refractivity contribution in [3.05, 3.63) is 41.3 Å². The van der Waals surface area contributed by atoms with E-state index in [0.717, 1.165) is 34.7 Å². The summed E-state index contributed by atoms with van der Waals surface area (Å²) < 4.78 is 7.72. The van der Waals surface area contributed by atoms with Gasteiger partial charge in [-0.1, -0.05) is 12.1 Å². The Balaban J connectivity index is 1.59. The molecule has 0 bridgehead atoms. The van der Waals surface area contributed by atoms with Crippen molar-refractivity contribution in [1.82, 2.24) is 19.7 Å². The molecule has 2 aromatic heterocycles. The molecule has 3 heterocycles. The number of rotatable bonds is 3. The third-order valence-corrected chi connectivity index (χ3v) is 4.38. The molecule has 3 aromatic rings. The number of aryl methyl sites for hydroxylation is 2. The summed E-state index contributed by atoms with van der Waals surface area (Å²) in [6.07, 6.45) is 2.51. The van der Waals surface area contributed by atoms with E-state index in [0.29, 0.717) is 6.54 Å². The van der Waals surface area contributed by atoms with Crippen LogP contribution in [0, 0.1) is 6.92 Å². The smallest absolute Gasteiger partial charge is 0.163 e. The van der Waals surface area contributed by atoms with Gasteiger partial charge in [-0.05, 0) is 38.0 Å². The van der Waals surface area contributed by atoms with E-state index >= 15 is 0 Å². The quantitative estimate of drug-likeness (QED) is 0.803. The number of fused-ring (bicyclic) bond motifs is 2. The molecule has 0 atom stereocenters. The minimum atomic E-state index is -0.111. The molecular weight excluding hydrogens is 302 g/mol. The van der Waals surface area contributed by atoms with Crippen LogP contribution in [-0.4, -0.2) is 25.3 Å². The van der Waals surface area contributed by atoms with Crippen molar-refractivity contribution in [3.8, 4) is 5.75 Å². The summed E-state index contributed by atoms with van der Waals surface area (Å²) in [5, 5.41) is 8.83. The highest BCUT2D eigenvalue weighted by molar-refractivity contribution is 5.89. The molecule has 0 aliphatic carbocycles. The first-order chi connectivity index (χ1) is 11.4. The Labute approximate surface area is 140 Å². The summed E-state index contributed by atoms with van der Waals surface area (Å²) in [6.45, 7) is 6.92. The van der Waals surface area contributed by atoms with Gasteiger partial charge in [0.2, 0.25) is 0 Å². The van der Waals surface area contributed by atoms with Crippen molar-refractivity contribution >= 4 is 16.9 Å². The molecule has 1 aliphatic heterocycles. The third-order valence-electron chi connectivity index (χ3n) is 4.38. The lowest BCUT2D eigenvalue weighted by molar-refractivity contribution is 0.138. The number of aromatic nitrogens is 4. The average molecular weight is 323 g/mol. The van der Waals surface area contributed by atoms with Crippen LogP contribution in [0.25, 0.3) is 11.0 Å². The Bertz CT molecular complexity index is 929. The summed E-state index contributed by atoms with van der Waals surface area (Å²) in [7, 11) is 1.90. The van der Waals surface area contributed by atoms with Crippen LogP contribution in [0.4, 0.5) is 5.82 Å². The first-order valence-electron chi connectivity index (χ1n) is 8.12. The molecule has 4 rings (SSSR count). The van der Waals surface area contributed by atoms with Gasteiger partial charge in [0, 0.05) is 20.0 Å². The first-order valence-corrected chi connectivity index (χ1v) is 8.12. The van der Waals surface area contributed by atoms with Gasteiger partial charge in [-0.15, -0.1) is 0 Å². The Morgan fingerprint density at radius 3 is 2.96 bits per heavy atom. The van der Waals surface area contributed by atoms with Crippen LogP contribution in [0.1, 0.15) is 30.7 Å². The van der Waals surface area contributed by atoms with Crippen LogP contribution >= 0.6 is 0 Å². The van der Waals surface area contributed by atoms with Crippen molar-refractivity contribution in [3.63, 3.8) is 0 Å². The molecule has 0 radical (unpaired) electrons. The maximum atomic E-state index is 5.94. The number of nitrogens with one attached hydrogen (secondary N) is 1. The van der Waals surface area contributed by atoms with Crippen molar-refractivity contribution in [1.29, 1.82) is 0 Å². The van der Waals surface area contributed by atoms with Gasteiger partial charge >= 0.3 is 0 Å². The number of ether oxygens (including phenoxy) is 1. The second-order valence-corrected chi connectivity index (χ2v) is 6.96. The van der Waals surface area contributed by atoms with E-state index in [1.165, 1.54) is 11.1 Å². The number of nitrogens with zero attached hydrogens (tertiary/aromatic N) is 4. The standard InChI is InChI=1S/C18H21N5O/c1-11-15-16(20-10-21-17(15)23(4)22-11)19-9-12-5-6-14-13(7-12)8-18(2,3)24-14/h5-7,10H,8-9H2,1-4H3,(H,19,20,21). The van der Waals surface area contributed by atoms with Gasteiger partial charge < -0.3 is 10.1 Å². The molecule has 0 saturated carbocycles. The van der Waals surface area contributed by atoms with Gasteiger partial charge in [-0.3, -0.25) is 4.68 Å². The van der Waals surface area contributed by atoms with Crippen molar-refractivity contribution in [2.45, 2.75) is 39.3 Å². The molecule has 0 unspecified atom stereocenters. The molecule has 24 heavy (non-hydrogen) atoms. The molecule has 1 aliphatic rings. The highest BCUT2D eigenvalue weighted by Crippen LogP contribution is 2.35. The molecule has 0 saturated heterocycles. The minimum Gasteiger partial charge on any atom is -0.487 e. The van der Waals surface area contributed by atoms with E-state index in [1.54, 1.807) is 11.0 Å². The molecular formula is C18H21N5O. The Morgan fingerprint density at radius 1 is 1.29 bits per heavy atom. The highest BCUT2D eigenvalue weighted by atomic mass is 16.5. The van der Waals surface area contributed by atoms with Crippen LogP contribution in [0.3, 0.4) is 0 Å². The summed E-state index contributed by atoms with van der Waals surface area (Å²) in [6, 6.07) is 6.37. The zero-order valence-electron chi connectivity index (χ0n) is 14.4. The molecule has 0 amide bonds. The maximum Gasteiger partial charge on any atom is 0.163 e. The number of hydrogen-bond acceptors (Lipinski definition) is 5. The van der Waals surface area contributed by atoms with E-state index in [1.807, 2.05) is 14.0 Å². The predicted molar refractivity (Wildman–Crippen MR) is 93.2 cm³/mol.